The lowest BCUT2D eigenvalue weighted by Gasteiger charge is -2.07. The second kappa shape index (κ2) is 4.09. The van der Waals surface area contributed by atoms with Crippen LogP contribution >= 0.6 is 0 Å². The lowest BCUT2D eigenvalue weighted by Crippen LogP contribution is -1.89. The van der Waals surface area contributed by atoms with E-state index in [1.54, 1.807) is 6.07 Å². The Kier molecular flexibility index (Phi) is 2.63. The lowest BCUT2D eigenvalue weighted by atomic mass is 10.2. The highest BCUT2D eigenvalue weighted by atomic mass is 19.1. The Balaban J connectivity index is 2.26. The molecule has 0 N–H and O–H groups in total. The van der Waals surface area contributed by atoms with Crippen LogP contribution in [0.4, 0.5) is 4.39 Å². The lowest BCUT2D eigenvalue weighted by molar-refractivity contribution is 0.469. The maximum absolute atomic E-state index is 12.8. The molecule has 1 aromatic carbocycles. The van der Waals surface area contributed by atoms with Gasteiger partial charge in [0.2, 0.25) is 5.95 Å². The van der Waals surface area contributed by atoms with Crippen LogP contribution in [0.3, 0.4) is 0 Å². The molecule has 0 aliphatic rings. The number of aryl methyl sites for hydroxylation is 1. The number of halogens is 1. The predicted molar refractivity (Wildman–Crippen MR) is 55.4 cm³/mol. The third kappa shape index (κ3) is 2.31. The van der Waals surface area contributed by atoms with Gasteiger partial charge < -0.3 is 4.74 Å². The van der Waals surface area contributed by atoms with Gasteiger partial charge >= 0.3 is 0 Å². The summed E-state index contributed by atoms with van der Waals surface area (Å²) in [5.41, 5.74) is 1.01. The van der Waals surface area contributed by atoms with Crippen molar-refractivity contribution < 1.29 is 9.13 Å². The summed E-state index contributed by atoms with van der Waals surface area (Å²) in [6.07, 6.45) is 1.38. The van der Waals surface area contributed by atoms with Crippen molar-refractivity contribution in [3.05, 3.63) is 54.1 Å². The van der Waals surface area contributed by atoms with Crippen LogP contribution in [0.25, 0.3) is 0 Å². The minimum Gasteiger partial charge on any atom is -0.457 e. The van der Waals surface area contributed by atoms with Crippen molar-refractivity contribution in [2.45, 2.75) is 6.92 Å². The van der Waals surface area contributed by atoms with Gasteiger partial charge in [-0.2, -0.15) is 4.39 Å². The maximum atomic E-state index is 12.8. The quantitative estimate of drug-likeness (QED) is 0.698. The highest BCUT2D eigenvalue weighted by molar-refractivity contribution is 5.36. The number of aromatic nitrogens is 1. The molecule has 2 aromatic rings. The Hall–Kier alpha value is -1.90. The molecule has 2 nitrogen and oxygen atoms in total. The summed E-state index contributed by atoms with van der Waals surface area (Å²) in [5, 5.41) is 0. The van der Waals surface area contributed by atoms with Gasteiger partial charge in [-0.3, -0.25) is 0 Å². The van der Waals surface area contributed by atoms with Crippen molar-refractivity contribution in [3.63, 3.8) is 0 Å². The van der Waals surface area contributed by atoms with Crippen molar-refractivity contribution in [2.24, 2.45) is 0 Å². The number of hydrogen-bond donors (Lipinski definition) is 0. The zero-order valence-electron chi connectivity index (χ0n) is 8.27. The third-order valence-corrected chi connectivity index (χ3v) is 2.02. The molecule has 0 unspecified atom stereocenters. The molecule has 1 heterocycles. The van der Waals surface area contributed by atoms with Gasteiger partial charge in [-0.15, -0.1) is 0 Å². The molecule has 0 aliphatic heterocycles. The summed E-state index contributed by atoms with van der Waals surface area (Å²) in [4.78, 5) is 3.46. The first-order chi connectivity index (χ1) is 7.25. The molecule has 3 heteroatoms. The number of rotatable bonds is 2. The molecule has 0 atom stereocenters. The van der Waals surface area contributed by atoms with Crippen molar-refractivity contribution in [1.29, 1.82) is 0 Å². The van der Waals surface area contributed by atoms with E-state index >= 15 is 0 Å². The van der Waals surface area contributed by atoms with Crippen molar-refractivity contribution in [1.82, 2.24) is 4.98 Å². The third-order valence-electron chi connectivity index (χ3n) is 2.02. The van der Waals surface area contributed by atoms with Gasteiger partial charge in [-0.25, -0.2) is 4.98 Å². The monoisotopic (exact) mass is 203 g/mol. The zero-order chi connectivity index (χ0) is 10.7. The summed E-state index contributed by atoms with van der Waals surface area (Å²) >= 11 is 0. The molecule has 0 saturated heterocycles. The minimum atomic E-state index is -0.541. The first kappa shape index (κ1) is 9.65. The van der Waals surface area contributed by atoms with Gasteiger partial charge in [-0.1, -0.05) is 18.2 Å². The molecule has 0 spiro atoms. The zero-order valence-corrected chi connectivity index (χ0v) is 8.27. The van der Waals surface area contributed by atoms with E-state index in [0.717, 1.165) is 11.3 Å². The van der Waals surface area contributed by atoms with Crippen molar-refractivity contribution in [3.8, 4) is 11.5 Å². The number of nitrogens with zero attached hydrogens (tertiary/aromatic N) is 1. The number of hydrogen-bond acceptors (Lipinski definition) is 2. The van der Waals surface area contributed by atoms with Gasteiger partial charge in [0, 0.05) is 12.3 Å². The summed E-state index contributed by atoms with van der Waals surface area (Å²) in [6, 6.07) is 10.5. The molecule has 0 bridgehead atoms. The van der Waals surface area contributed by atoms with E-state index in [4.69, 9.17) is 4.74 Å². The van der Waals surface area contributed by atoms with Crippen LogP contribution < -0.4 is 4.74 Å². The first-order valence-corrected chi connectivity index (χ1v) is 4.61. The Morgan fingerprint density at radius 3 is 2.73 bits per heavy atom. The number of benzene rings is 1. The molecule has 0 fully saturated rings. The van der Waals surface area contributed by atoms with Crippen LogP contribution in [-0.2, 0) is 0 Å². The molecule has 1 aromatic heterocycles. The Labute approximate surface area is 87.4 Å². The fourth-order valence-electron chi connectivity index (χ4n) is 1.25. The SMILES string of the molecule is Cc1ccccc1Oc1ccnc(F)c1. The fraction of sp³-hybridized carbons (Fsp3) is 0.0833. The second-order valence-electron chi connectivity index (χ2n) is 3.18. The molecule has 0 aliphatic carbocycles. The molecule has 0 radical (unpaired) electrons. The van der Waals surface area contributed by atoms with E-state index < -0.39 is 5.95 Å². The van der Waals surface area contributed by atoms with E-state index in [-0.39, 0.29) is 0 Å². The molecule has 76 valence electrons. The van der Waals surface area contributed by atoms with Gasteiger partial charge in [0.15, 0.2) is 0 Å². The highest BCUT2D eigenvalue weighted by Gasteiger charge is 2.01. The van der Waals surface area contributed by atoms with E-state index in [9.17, 15) is 4.39 Å². The van der Waals surface area contributed by atoms with Crippen molar-refractivity contribution in [2.75, 3.05) is 0 Å². The van der Waals surface area contributed by atoms with Gasteiger partial charge in [0.1, 0.15) is 11.5 Å². The normalized spacial score (nSPS) is 10.0. The van der Waals surface area contributed by atoms with Gasteiger partial charge in [0.05, 0.1) is 0 Å². The average Bonchev–Trinajstić information content (AvgIpc) is 2.22. The second-order valence-corrected chi connectivity index (χ2v) is 3.18. The topological polar surface area (TPSA) is 22.1 Å². The van der Waals surface area contributed by atoms with E-state index in [1.807, 2.05) is 31.2 Å². The number of para-hydroxylation sites is 1. The van der Waals surface area contributed by atoms with Crippen LogP contribution in [0.15, 0.2) is 42.6 Å². The molecule has 15 heavy (non-hydrogen) atoms. The molecule has 0 amide bonds. The van der Waals surface area contributed by atoms with Crippen LogP contribution in [-0.4, -0.2) is 4.98 Å². The molecular formula is C12H10FNO. The molecular weight excluding hydrogens is 193 g/mol. The minimum absolute atomic E-state index is 0.455. The van der Waals surface area contributed by atoms with Crippen LogP contribution in [0.2, 0.25) is 0 Å². The highest BCUT2D eigenvalue weighted by Crippen LogP contribution is 2.24. The summed E-state index contributed by atoms with van der Waals surface area (Å²) in [6.45, 7) is 1.94. The maximum Gasteiger partial charge on any atom is 0.216 e. The predicted octanol–water partition coefficient (Wildman–Crippen LogP) is 3.32. The largest absolute Gasteiger partial charge is 0.457 e. The number of ether oxygens (including phenoxy) is 1. The smallest absolute Gasteiger partial charge is 0.216 e. The molecule has 2 rings (SSSR count). The van der Waals surface area contributed by atoms with Crippen LogP contribution in [0, 0.1) is 12.9 Å². The average molecular weight is 203 g/mol. The summed E-state index contributed by atoms with van der Waals surface area (Å²) < 4.78 is 18.3. The van der Waals surface area contributed by atoms with E-state index in [1.165, 1.54) is 12.3 Å². The van der Waals surface area contributed by atoms with Crippen LogP contribution in [0.5, 0.6) is 11.5 Å². The summed E-state index contributed by atoms with van der Waals surface area (Å²) in [7, 11) is 0. The van der Waals surface area contributed by atoms with Crippen LogP contribution in [0.1, 0.15) is 5.56 Å². The molecule has 0 saturated carbocycles. The first-order valence-electron chi connectivity index (χ1n) is 4.61. The Bertz CT molecular complexity index is 471. The standard InChI is InChI=1S/C12H10FNO/c1-9-4-2-3-5-11(9)15-10-6-7-14-12(13)8-10/h2-8H,1H3. The number of pyridine rings is 1. The Morgan fingerprint density at radius 1 is 1.20 bits per heavy atom. The van der Waals surface area contributed by atoms with E-state index in [2.05, 4.69) is 4.98 Å². The van der Waals surface area contributed by atoms with Gasteiger partial charge in [-0.05, 0) is 24.6 Å². The Morgan fingerprint density at radius 2 is 2.00 bits per heavy atom. The fourth-order valence-corrected chi connectivity index (χ4v) is 1.25. The van der Waals surface area contributed by atoms with E-state index in [0.29, 0.717) is 5.75 Å². The van der Waals surface area contributed by atoms with Gasteiger partial charge in [0.25, 0.3) is 0 Å². The summed E-state index contributed by atoms with van der Waals surface area (Å²) in [5.74, 6) is 0.640. The van der Waals surface area contributed by atoms with Crippen molar-refractivity contribution >= 4 is 0 Å².